The zero-order valence-electron chi connectivity index (χ0n) is 8.33. The Bertz CT molecular complexity index is 170. The van der Waals surface area contributed by atoms with Crippen LogP contribution in [0.2, 0.25) is 0 Å². The average molecular weight is 185 g/mol. The number of nitrogens with zero attached hydrogens (tertiary/aromatic N) is 1. The summed E-state index contributed by atoms with van der Waals surface area (Å²) in [5.74, 6) is 0.767. The van der Waals surface area contributed by atoms with E-state index in [9.17, 15) is 4.79 Å². The van der Waals surface area contributed by atoms with Crippen molar-refractivity contribution in [3.8, 4) is 0 Å². The Kier molecular flexibility index (Phi) is 4.22. The Morgan fingerprint density at radius 1 is 1.62 bits per heavy atom. The van der Waals surface area contributed by atoms with E-state index in [-0.39, 0.29) is 12.5 Å². The van der Waals surface area contributed by atoms with E-state index < -0.39 is 0 Å². The summed E-state index contributed by atoms with van der Waals surface area (Å²) in [5.41, 5.74) is 0. The van der Waals surface area contributed by atoms with Gasteiger partial charge in [0.05, 0.1) is 0 Å². The van der Waals surface area contributed by atoms with Crippen LogP contribution in [0.15, 0.2) is 0 Å². The minimum absolute atomic E-state index is 0.237. The number of aliphatic hydroxyl groups excluding tert-OH is 1. The van der Waals surface area contributed by atoms with Crippen LogP contribution in [0.1, 0.15) is 32.6 Å². The third kappa shape index (κ3) is 2.99. The number of likely N-dealkylation sites (tertiary alicyclic amines) is 1. The Balaban J connectivity index is 2.31. The molecule has 1 heterocycles. The molecule has 1 saturated heterocycles. The molecule has 3 heteroatoms. The van der Waals surface area contributed by atoms with Crippen LogP contribution in [0.4, 0.5) is 0 Å². The second-order valence-electron chi connectivity index (χ2n) is 3.73. The molecule has 0 aromatic heterocycles. The molecule has 0 saturated carbocycles. The maximum atomic E-state index is 11.3. The van der Waals surface area contributed by atoms with Gasteiger partial charge in [-0.3, -0.25) is 4.79 Å². The molecular formula is C10H19NO2. The lowest BCUT2D eigenvalue weighted by Crippen LogP contribution is -2.30. The summed E-state index contributed by atoms with van der Waals surface area (Å²) >= 11 is 0. The molecule has 0 bridgehead atoms. The van der Waals surface area contributed by atoms with Crippen LogP contribution in [-0.2, 0) is 4.79 Å². The highest BCUT2D eigenvalue weighted by Crippen LogP contribution is 2.15. The molecule has 0 spiro atoms. The topological polar surface area (TPSA) is 40.5 Å². The van der Waals surface area contributed by atoms with Crippen molar-refractivity contribution < 1.29 is 9.90 Å². The SMILES string of the molecule is CCC(CCO)CN1CCCC1=O. The summed E-state index contributed by atoms with van der Waals surface area (Å²) in [5, 5.41) is 8.80. The summed E-state index contributed by atoms with van der Waals surface area (Å²) in [6.07, 6.45) is 3.59. The second-order valence-corrected chi connectivity index (χ2v) is 3.73. The van der Waals surface area contributed by atoms with E-state index in [1.807, 2.05) is 4.90 Å². The fraction of sp³-hybridized carbons (Fsp3) is 0.900. The van der Waals surface area contributed by atoms with Gasteiger partial charge >= 0.3 is 0 Å². The minimum atomic E-state index is 0.237. The summed E-state index contributed by atoms with van der Waals surface area (Å²) < 4.78 is 0. The molecule has 1 unspecified atom stereocenters. The van der Waals surface area contributed by atoms with Crippen LogP contribution in [0.5, 0.6) is 0 Å². The second kappa shape index (κ2) is 5.22. The van der Waals surface area contributed by atoms with Crippen molar-refractivity contribution in [1.29, 1.82) is 0 Å². The molecule has 0 aliphatic carbocycles. The molecule has 13 heavy (non-hydrogen) atoms. The Morgan fingerprint density at radius 2 is 2.38 bits per heavy atom. The maximum Gasteiger partial charge on any atom is 0.222 e. The molecule has 0 radical (unpaired) electrons. The molecule has 1 rings (SSSR count). The number of rotatable bonds is 5. The fourth-order valence-electron chi connectivity index (χ4n) is 1.82. The van der Waals surface area contributed by atoms with Gasteiger partial charge in [-0.2, -0.15) is 0 Å². The zero-order valence-corrected chi connectivity index (χ0v) is 8.33. The van der Waals surface area contributed by atoms with E-state index in [1.165, 1.54) is 0 Å². The number of hydrogen-bond donors (Lipinski definition) is 1. The smallest absolute Gasteiger partial charge is 0.222 e. The van der Waals surface area contributed by atoms with E-state index in [0.29, 0.717) is 5.92 Å². The van der Waals surface area contributed by atoms with Crippen molar-refractivity contribution >= 4 is 5.91 Å². The van der Waals surface area contributed by atoms with Gasteiger partial charge in [0, 0.05) is 26.1 Å². The number of hydrogen-bond acceptors (Lipinski definition) is 2. The Hall–Kier alpha value is -0.570. The van der Waals surface area contributed by atoms with Crippen molar-refractivity contribution in [2.75, 3.05) is 19.7 Å². The predicted octanol–water partition coefficient (Wildman–Crippen LogP) is 1.02. The summed E-state index contributed by atoms with van der Waals surface area (Å²) in [6, 6.07) is 0. The number of amides is 1. The van der Waals surface area contributed by atoms with E-state index in [2.05, 4.69) is 6.92 Å². The number of aliphatic hydroxyl groups is 1. The number of carbonyl (C=O) groups is 1. The molecule has 1 N–H and O–H groups in total. The zero-order chi connectivity index (χ0) is 9.68. The highest BCUT2D eigenvalue weighted by molar-refractivity contribution is 5.78. The number of carbonyl (C=O) groups excluding carboxylic acids is 1. The van der Waals surface area contributed by atoms with Crippen LogP contribution < -0.4 is 0 Å². The van der Waals surface area contributed by atoms with Crippen LogP contribution in [0.3, 0.4) is 0 Å². The Morgan fingerprint density at radius 3 is 2.85 bits per heavy atom. The lowest BCUT2D eigenvalue weighted by Gasteiger charge is -2.21. The van der Waals surface area contributed by atoms with Crippen molar-refractivity contribution in [2.24, 2.45) is 5.92 Å². The molecule has 1 aliphatic rings. The predicted molar refractivity (Wildman–Crippen MR) is 51.3 cm³/mol. The van der Waals surface area contributed by atoms with Gasteiger partial charge in [-0.15, -0.1) is 0 Å². The van der Waals surface area contributed by atoms with E-state index in [4.69, 9.17) is 5.11 Å². The Labute approximate surface area is 79.7 Å². The first-order chi connectivity index (χ1) is 6.27. The van der Waals surface area contributed by atoms with E-state index >= 15 is 0 Å². The summed E-state index contributed by atoms with van der Waals surface area (Å²) in [4.78, 5) is 13.2. The van der Waals surface area contributed by atoms with Crippen molar-refractivity contribution in [3.63, 3.8) is 0 Å². The monoisotopic (exact) mass is 185 g/mol. The summed E-state index contributed by atoms with van der Waals surface area (Å²) in [7, 11) is 0. The first-order valence-electron chi connectivity index (χ1n) is 5.16. The molecule has 76 valence electrons. The molecule has 1 amide bonds. The van der Waals surface area contributed by atoms with Crippen LogP contribution in [-0.4, -0.2) is 35.6 Å². The third-order valence-corrected chi connectivity index (χ3v) is 2.76. The molecule has 0 aromatic rings. The van der Waals surface area contributed by atoms with Crippen LogP contribution in [0.25, 0.3) is 0 Å². The van der Waals surface area contributed by atoms with Gasteiger partial charge in [0.2, 0.25) is 5.91 Å². The quantitative estimate of drug-likeness (QED) is 0.694. The third-order valence-electron chi connectivity index (χ3n) is 2.76. The van der Waals surface area contributed by atoms with Gasteiger partial charge in [-0.25, -0.2) is 0 Å². The lowest BCUT2D eigenvalue weighted by atomic mass is 10.0. The molecule has 1 fully saturated rings. The molecule has 1 atom stereocenters. The highest BCUT2D eigenvalue weighted by Gasteiger charge is 2.22. The first-order valence-corrected chi connectivity index (χ1v) is 5.16. The van der Waals surface area contributed by atoms with Gasteiger partial charge in [-0.05, 0) is 18.8 Å². The van der Waals surface area contributed by atoms with Crippen molar-refractivity contribution in [3.05, 3.63) is 0 Å². The van der Waals surface area contributed by atoms with Gasteiger partial charge in [0.1, 0.15) is 0 Å². The largest absolute Gasteiger partial charge is 0.396 e. The molecule has 1 aliphatic heterocycles. The molecular weight excluding hydrogens is 166 g/mol. The van der Waals surface area contributed by atoms with Gasteiger partial charge in [0.15, 0.2) is 0 Å². The molecule has 0 aromatic carbocycles. The van der Waals surface area contributed by atoms with Crippen LogP contribution >= 0.6 is 0 Å². The van der Waals surface area contributed by atoms with Crippen molar-refractivity contribution in [2.45, 2.75) is 32.6 Å². The molecule has 3 nitrogen and oxygen atoms in total. The van der Waals surface area contributed by atoms with E-state index in [1.54, 1.807) is 0 Å². The average Bonchev–Trinajstić information content (AvgIpc) is 2.51. The highest BCUT2D eigenvalue weighted by atomic mass is 16.3. The van der Waals surface area contributed by atoms with Gasteiger partial charge in [0.25, 0.3) is 0 Å². The normalized spacial score (nSPS) is 19.5. The minimum Gasteiger partial charge on any atom is -0.396 e. The van der Waals surface area contributed by atoms with Crippen molar-refractivity contribution in [1.82, 2.24) is 4.90 Å². The van der Waals surface area contributed by atoms with Gasteiger partial charge in [-0.1, -0.05) is 13.3 Å². The van der Waals surface area contributed by atoms with Crippen LogP contribution in [0, 0.1) is 5.92 Å². The maximum absolute atomic E-state index is 11.3. The van der Waals surface area contributed by atoms with E-state index in [0.717, 1.165) is 38.8 Å². The van der Waals surface area contributed by atoms with Gasteiger partial charge < -0.3 is 10.0 Å². The fourth-order valence-corrected chi connectivity index (χ4v) is 1.82. The summed E-state index contributed by atoms with van der Waals surface area (Å²) in [6.45, 7) is 4.11. The standard InChI is InChI=1S/C10H19NO2/c1-2-9(5-7-12)8-11-6-3-4-10(11)13/h9,12H,2-8H2,1H3. The first kappa shape index (κ1) is 10.5. The lowest BCUT2D eigenvalue weighted by molar-refractivity contribution is -0.128.